The Labute approximate surface area is 112 Å². The lowest BCUT2D eigenvalue weighted by Gasteiger charge is -1.97. The van der Waals surface area contributed by atoms with Crippen LogP contribution in [0.25, 0.3) is 6.08 Å². The lowest BCUT2D eigenvalue weighted by molar-refractivity contribution is -0.139. The van der Waals surface area contributed by atoms with Crippen molar-refractivity contribution in [1.82, 2.24) is 0 Å². The highest BCUT2D eigenvalue weighted by Crippen LogP contribution is 2.00. The van der Waals surface area contributed by atoms with Gasteiger partial charge in [0.1, 0.15) is 6.61 Å². The van der Waals surface area contributed by atoms with Crippen LogP contribution in [-0.4, -0.2) is 25.2 Å². The fourth-order valence-corrected chi connectivity index (χ4v) is 1.25. The van der Waals surface area contributed by atoms with Crippen molar-refractivity contribution < 1.29 is 19.1 Å². The lowest BCUT2D eigenvalue weighted by Crippen LogP contribution is -2.04. The average Bonchev–Trinajstić information content (AvgIpc) is 2.43. The number of esters is 2. The van der Waals surface area contributed by atoms with Crippen LogP contribution in [0.1, 0.15) is 12.5 Å². The monoisotopic (exact) mass is 260 g/mol. The predicted octanol–water partition coefficient (Wildman–Crippen LogP) is 2.36. The molecule has 0 fully saturated rings. The van der Waals surface area contributed by atoms with Crippen molar-refractivity contribution >= 4 is 18.0 Å². The second-order valence-electron chi connectivity index (χ2n) is 3.53. The molecule has 0 amide bonds. The summed E-state index contributed by atoms with van der Waals surface area (Å²) in [5.41, 5.74) is 1.03. The van der Waals surface area contributed by atoms with Crippen molar-refractivity contribution in [2.45, 2.75) is 6.92 Å². The number of hydrogen-bond donors (Lipinski definition) is 0. The summed E-state index contributed by atoms with van der Waals surface area (Å²) < 4.78 is 9.50. The van der Waals surface area contributed by atoms with E-state index >= 15 is 0 Å². The molecule has 0 spiro atoms. The van der Waals surface area contributed by atoms with Gasteiger partial charge in [0.25, 0.3) is 0 Å². The molecule has 1 rings (SSSR count). The topological polar surface area (TPSA) is 52.6 Å². The maximum absolute atomic E-state index is 11.2. The summed E-state index contributed by atoms with van der Waals surface area (Å²) in [6.45, 7) is 2.12. The number of ether oxygens (including phenoxy) is 2. The van der Waals surface area contributed by atoms with Crippen molar-refractivity contribution in [1.29, 1.82) is 0 Å². The molecule has 0 radical (unpaired) electrons. The minimum Gasteiger partial charge on any atom is -0.463 e. The van der Waals surface area contributed by atoms with E-state index in [1.807, 2.05) is 36.4 Å². The Bertz CT molecular complexity index is 460. The van der Waals surface area contributed by atoms with Crippen molar-refractivity contribution in [2.75, 3.05) is 13.2 Å². The summed E-state index contributed by atoms with van der Waals surface area (Å²) in [6, 6.07) is 9.66. The third kappa shape index (κ3) is 6.83. The molecule has 0 aliphatic heterocycles. The molecule has 0 aliphatic rings. The van der Waals surface area contributed by atoms with Gasteiger partial charge in [-0.2, -0.15) is 0 Å². The Kier molecular flexibility index (Phi) is 6.72. The van der Waals surface area contributed by atoms with E-state index < -0.39 is 11.9 Å². The van der Waals surface area contributed by atoms with Crippen LogP contribution in [0.15, 0.2) is 48.6 Å². The minimum atomic E-state index is -0.578. The number of benzene rings is 1. The highest BCUT2D eigenvalue weighted by molar-refractivity contribution is 5.91. The average molecular weight is 260 g/mol. The predicted molar refractivity (Wildman–Crippen MR) is 72.2 cm³/mol. The van der Waals surface area contributed by atoms with Crippen LogP contribution in [0.2, 0.25) is 0 Å². The van der Waals surface area contributed by atoms with Gasteiger partial charge in [0.2, 0.25) is 0 Å². The number of carbonyl (C=O) groups is 2. The maximum atomic E-state index is 11.2. The molecule has 1 aromatic carbocycles. The second-order valence-corrected chi connectivity index (χ2v) is 3.53. The van der Waals surface area contributed by atoms with Gasteiger partial charge >= 0.3 is 11.9 Å². The van der Waals surface area contributed by atoms with Gasteiger partial charge in [-0.3, -0.25) is 0 Å². The smallest absolute Gasteiger partial charge is 0.331 e. The molecule has 0 bridgehead atoms. The molecular weight excluding hydrogens is 244 g/mol. The van der Waals surface area contributed by atoms with Crippen LogP contribution >= 0.6 is 0 Å². The van der Waals surface area contributed by atoms with E-state index in [4.69, 9.17) is 4.74 Å². The van der Waals surface area contributed by atoms with Crippen LogP contribution in [0.4, 0.5) is 0 Å². The maximum Gasteiger partial charge on any atom is 0.331 e. The summed E-state index contributed by atoms with van der Waals surface area (Å²) in [7, 11) is 0. The van der Waals surface area contributed by atoms with Gasteiger partial charge in [0.15, 0.2) is 0 Å². The molecule has 0 N–H and O–H groups in total. The van der Waals surface area contributed by atoms with Gasteiger partial charge < -0.3 is 9.47 Å². The molecule has 0 unspecified atom stereocenters. The van der Waals surface area contributed by atoms with Gasteiger partial charge in [0.05, 0.1) is 6.61 Å². The molecule has 0 heterocycles. The third-order valence-electron chi connectivity index (χ3n) is 2.07. The lowest BCUT2D eigenvalue weighted by atomic mass is 10.2. The van der Waals surface area contributed by atoms with Gasteiger partial charge in [-0.15, -0.1) is 0 Å². The van der Waals surface area contributed by atoms with Crippen molar-refractivity contribution in [3.63, 3.8) is 0 Å². The first kappa shape index (κ1) is 14.7. The molecule has 0 saturated heterocycles. The van der Waals surface area contributed by atoms with Crippen LogP contribution in [0.5, 0.6) is 0 Å². The highest BCUT2D eigenvalue weighted by Gasteiger charge is 1.98. The first-order valence-corrected chi connectivity index (χ1v) is 5.95. The SMILES string of the molecule is CCOC(=O)/C=C/C(=O)OC/C=C/c1ccccc1. The van der Waals surface area contributed by atoms with E-state index in [1.54, 1.807) is 13.0 Å². The van der Waals surface area contributed by atoms with Crippen molar-refractivity contribution in [2.24, 2.45) is 0 Å². The normalized spacial score (nSPS) is 10.8. The highest BCUT2D eigenvalue weighted by atomic mass is 16.5. The van der Waals surface area contributed by atoms with E-state index in [-0.39, 0.29) is 13.2 Å². The summed E-state index contributed by atoms with van der Waals surface area (Å²) in [4.78, 5) is 22.1. The van der Waals surface area contributed by atoms with Gasteiger partial charge in [-0.1, -0.05) is 36.4 Å². The van der Waals surface area contributed by atoms with Crippen molar-refractivity contribution in [3.8, 4) is 0 Å². The first-order valence-electron chi connectivity index (χ1n) is 5.95. The molecule has 0 aliphatic carbocycles. The van der Waals surface area contributed by atoms with Crippen LogP contribution in [0, 0.1) is 0 Å². The molecule has 100 valence electrons. The van der Waals surface area contributed by atoms with Crippen molar-refractivity contribution in [3.05, 3.63) is 54.1 Å². The Morgan fingerprint density at radius 3 is 2.32 bits per heavy atom. The molecule has 4 heteroatoms. The van der Waals surface area contributed by atoms with Gasteiger partial charge in [-0.25, -0.2) is 9.59 Å². The Morgan fingerprint density at radius 2 is 1.68 bits per heavy atom. The number of rotatable bonds is 6. The molecule has 0 saturated carbocycles. The Morgan fingerprint density at radius 1 is 1.05 bits per heavy atom. The summed E-state index contributed by atoms with van der Waals surface area (Å²) >= 11 is 0. The van der Waals surface area contributed by atoms with Crippen LogP contribution in [-0.2, 0) is 19.1 Å². The fraction of sp³-hybridized carbons (Fsp3) is 0.200. The number of carbonyl (C=O) groups excluding carboxylic acids is 2. The van der Waals surface area contributed by atoms with E-state index in [2.05, 4.69) is 4.74 Å². The fourth-order valence-electron chi connectivity index (χ4n) is 1.25. The van der Waals surface area contributed by atoms with Gasteiger partial charge in [0, 0.05) is 12.2 Å². The molecule has 1 aromatic rings. The Hall–Kier alpha value is -2.36. The van der Waals surface area contributed by atoms with Gasteiger partial charge in [-0.05, 0) is 18.6 Å². The molecule has 4 nitrogen and oxygen atoms in total. The zero-order chi connectivity index (χ0) is 13.9. The summed E-state index contributed by atoms with van der Waals surface area (Å²) in [5.74, 6) is -1.13. The molecule has 19 heavy (non-hydrogen) atoms. The summed E-state index contributed by atoms with van der Waals surface area (Å²) in [5, 5.41) is 0. The quantitative estimate of drug-likeness (QED) is 0.582. The molecule has 0 atom stereocenters. The Balaban J connectivity index is 2.27. The van der Waals surface area contributed by atoms with E-state index in [1.165, 1.54) is 0 Å². The molecule has 0 aromatic heterocycles. The van der Waals surface area contributed by atoms with E-state index in [0.717, 1.165) is 17.7 Å². The van der Waals surface area contributed by atoms with Crippen LogP contribution in [0.3, 0.4) is 0 Å². The summed E-state index contributed by atoms with van der Waals surface area (Å²) in [6.07, 6.45) is 5.68. The first-order chi connectivity index (χ1) is 9.22. The standard InChI is InChI=1S/C15H16O4/c1-2-18-14(16)10-11-15(17)19-12-6-9-13-7-4-3-5-8-13/h3-11H,2,12H2,1H3/b9-6+,11-10+. The largest absolute Gasteiger partial charge is 0.463 e. The zero-order valence-electron chi connectivity index (χ0n) is 10.7. The second kappa shape index (κ2) is 8.69. The number of hydrogen-bond acceptors (Lipinski definition) is 4. The minimum absolute atomic E-state index is 0.154. The van der Waals surface area contributed by atoms with Crippen LogP contribution < -0.4 is 0 Å². The van der Waals surface area contributed by atoms with E-state index in [9.17, 15) is 9.59 Å². The van der Waals surface area contributed by atoms with E-state index in [0.29, 0.717) is 0 Å². The molecular formula is C15H16O4. The third-order valence-corrected chi connectivity index (χ3v) is 2.07. The zero-order valence-corrected chi connectivity index (χ0v) is 10.7.